The fourth-order valence-corrected chi connectivity index (χ4v) is 6.74. The molecule has 2 aromatic heterocycles. The van der Waals surface area contributed by atoms with E-state index in [4.69, 9.17) is 4.74 Å². The van der Waals surface area contributed by atoms with E-state index < -0.39 is 10.0 Å². The number of fused-ring (bicyclic) bond motifs is 1. The van der Waals surface area contributed by atoms with Gasteiger partial charge < -0.3 is 14.6 Å². The summed E-state index contributed by atoms with van der Waals surface area (Å²) in [7, 11) is 1.93. The van der Waals surface area contributed by atoms with Crippen molar-refractivity contribution in [3.05, 3.63) is 53.0 Å². The van der Waals surface area contributed by atoms with E-state index in [1.54, 1.807) is 13.3 Å². The van der Waals surface area contributed by atoms with Gasteiger partial charge in [-0.2, -0.15) is 4.31 Å². The van der Waals surface area contributed by atoms with Crippen LogP contribution in [-0.2, 0) is 29.3 Å². The first kappa shape index (κ1) is 23.9. The summed E-state index contributed by atoms with van der Waals surface area (Å²) in [6, 6.07) is 8.23. The first-order valence-corrected chi connectivity index (χ1v) is 13.5. The van der Waals surface area contributed by atoms with E-state index in [-0.39, 0.29) is 5.16 Å². The monoisotopic (exact) mass is 496 g/mol. The summed E-state index contributed by atoms with van der Waals surface area (Å²) in [6.07, 6.45) is 6.25. The highest BCUT2D eigenvalue weighted by atomic mass is 32.2. The van der Waals surface area contributed by atoms with Crippen LogP contribution in [0.25, 0.3) is 11.1 Å². The highest BCUT2D eigenvalue weighted by molar-refractivity contribution is 7.89. The van der Waals surface area contributed by atoms with Crippen molar-refractivity contribution in [2.75, 3.05) is 40.8 Å². The average molecular weight is 497 g/mol. The lowest BCUT2D eigenvalue weighted by molar-refractivity contribution is 0.329. The van der Waals surface area contributed by atoms with Gasteiger partial charge in [0, 0.05) is 38.3 Å². The van der Waals surface area contributed by atoms with Crippen molar-refractivity contribution in [2.45, 2.75) is 37.3 Å². The van der Waals surface area contributed by atoms with Gasteiger partial charge in [-0.05, 0) is 79.6 Å². The van der Waals surface area contributed by atoms with Crippen LogP contribution in [-0.4, -0.2) is 78.6 Å². The number of sulfonamides is 1. The van der Waals surface area contributed by atoms with Crippen LogP contribution >= 0.6 is 0 Å². The van der Waals surface area contributed by atoms with Gasteiger partial charge in [-0.3, -0.25) is 0 Å². The fourth-order valence-electron chi connectivity index (χ4n) is 5.35. The summed E-state index contributed by atoms with van der Waals surface area (Å²) in [5.41, 5.74) is 5.92. The van der Waals surface area contributed by atoms with Crippen LogP contribution in [0.3, 0.4) is 0 Å². The first-order chi connectivity index (χ1) is 16.8. The van der Waals surface area contributed by atoms with Crippen molar-refractivity contribution in [2.24, 2.45) is 5.92 Å². The minimum absolute atomic E-state index is 0.0716. The Morgan fingerprint density at radius 2 is 2.06 bits per heavy atom. The third-order valence-electron chi connectivity index (χ3n) is 6.97. The summed E-state index contributed by atoms with van der Waals surface area (Å²) < 4.78 is 33.3. The van der Waals surface area contributed by atoms with Gasteiger partial charge in [0.2, 0.25) is 5.88 Å². The number of methoxy groups -OCH3 is 1. The molecule has 1 aliphatic carbocycles. The summed E-state index contributed by atoms with van der Waals surface area (Å²) in [5, 5.41) is 8.24. The number of aromatic nitrogens is 4. The summed E-state index contributed by atoms with van der Waals surface area (Å²) >= 11 is 0. The standard InChI is InChI=1S/C25H32N6O3S/c1-30(2)15-17-10-12-31(16-17)35(32,33)25-27-23(28-29-25)14-22-20-6-4-5-18(20)7-8-21(22)19-9-11-26-24(13-19)34-3/h7-9,11,13,17H,4-6,10,12,14-16H2,1-3H3,(H,27,28,29). The number of H-pyrrole nitrogens is 1. The highest BCUT2D eigenvalue weighted by Gasteiger charge is 2.35. The maximum absolute atomic E-state index is 13.2. The van der Waals surface area contributed by atoms with E-state index in [0.717, 1.165) is 48.9 Å². The minimum atomic E-state index is -3.70. The number of benzene rings is 1. The number of aromatic amines is 1. The number of ether oxygens (including phenoxy) is 1. The number of pyridine rings is 1. The molecule has 1 N–H and O–H groups in total. The van der Waals surface area contributed by atoms with Crippen molar-refractivity contribution in [3.8, 4) is 17.0 Å². The van der Waals surface area contributed by atoms with Gasteiger partial charge in [0.15, 0.2) is 0 Å². The van der Waals surface area contributed by atoms with Crippen LogP contribution in [0.1, 0.15) is 35.4 Å². The second-order valence-electron chi connectivity index (χ2n) is 9.70. The molecule has 1 aromatic carbocycles. The van der Waals surface area contributed by atoms with E-state index >= 15 is 0 Å². The van der Waals surface area contributed by atoms with Crippen LogP contribution < -0.4 is 4.74 Å². The molecule has 35 heavy (non-hydrogen) atoms. The summed E-state index contributed by atoms with van der Waals surface area (Å²) in [6.45, 7) is 1.89. The van der Waals surface area contributed by atoms with Crippen molar-refractivity contribution in [1.29, 1.82) is 0 Å². The second-order valence-corrected chi connectivity index (χ2v) is 11.6. The van der Waals surface area contributed by atoms with Gasteiger partial charge in [-0.15, -0.1) is 10.2 Å². The molecular weight excluding hydrogens is 464 g/mol. The smallest absolute Gasteiger partial charge is 0.278 e. The van der Waals surface area contributed by atoms with Crippen molar-refractivity contribution < 1.29 is 13.2 Å². The van der Waals surface area contributed by atoms with Gasteiger partial charge in [-0.25, -0.2) is 13.4 Å². The molecule has 9 nitrogen and oxygen atoms in total. The summed E-state index contributed by atoms with van der Waals surface area (Å²) in [4.78, 5) is 9.36. The summed E-state index contributed by atoms with van der Waals surface area (Å²) in [5.74, 6) is 1.43. The molecule has 1 unspecified atom stereocenters. The largest absolute Gasteiger partial charge is 0.481 e. The zero-order chi connectivity index (χ0) is 24.6. The molecular formula is C25H32N6O3S. The highest BCUT2D eigenvalue weighted by Crippen LogP contribution is 2.35. The van der Waals surface area contributed by atoms with Gasteiger partial charge in [0.25, 0.3) is 15.2 Å². The average Bonchev–Trinajstić information content (AvgIpc) is 3.60. The predicted octanol–water partition coefficient (Wildman–Crippen LogP) is 2.53. The van der Waals surface area contributed by atoms with Crippen LogP contribution in [0.15, 0.2) is 35.6 Å². The van der Waals surface area contributed by atoms with Crippen LogP contribution in [0.2, 0.25) is 0 Å². The lowest BCUT2D eigenvalue weighted by Crippen LogP contribution is -2.31. The molecule has 1 fully saturated rings. The Balaban J connectivity index is 1.43. The maximum atomic E-state index is 13.2. The Morgan fingerprint density at radius 3 is 2.86 bits per heavy atom. The zero-order valence-corrected chi connectivity index (χ0v) is 21.3. The van der Waals surface area contributed by atoms with Crippen LogP contribution in [0.4, 0.5) is 0 Å². The zero-order valence-electron chi connectivity index (χ0n) is 20.5. The molecule has 2 aliphatic rings. The number of hydrogen-bond donors (Lipinski definition) is 1. The third kappa shape index (κ3) is 4.82. The second kappa shape index (κ2) is 9.67. The molecule has 1 aliphatic heterocycles. The van der Waals surface area contributed by atoms with E-state index in [0.29, 0.717) is 37.1 Å². The molecule has 0 radical (unpaired) electrons. The molecule has 186 valence electrons. The van der Waals surface area contributed by atoms with Crippen molar-refractivity contribution in [1.82, 2.24) is 29.4 Å². The molecule has 0 bridgehead atoms. The molecule has 10 heteroatoms. The normalized spacial score (nSPS) is 18.3. The Kier molecular flexibility index (Phi) is 6.61. The minimum Gasteiger partial charge on any atom is -0.481 e. The van der Waals surface area contributed by atoms with Crippen LogP contribution in [0, 0.1) is 5.92 Å². The van der Waals surface area contributed by atoms with Gasteiger partial charge in [0.05, 0.1) is 7.11 Å². The number of hydrogen-bond acceptors (Lipinski definition) is 7. The van der Waals surface area contributed by atoms with Crippen molar-refractivity contribution >= 4 is 10.0 Å². The lowest BCUT2D eigenvalue weighted by atomic mass is 9.91. The van der Waals surface area contributed by atoms with Crippen LogP contribution in [0.5, 0.6) is 5.88 Å². The van der Waals surface area contributed by atoms with Gasteiger partial charge in [0.1, 0.15) is 5.82 Å². The fraction of sp³-hybridized carbons (Fsp3) is 0.480. The third-order valence-corrected chi connectivity index (χ3v) is 8.65. The molecule has 0 spiro atoms. The number of rotatable bonds is 8. The first-order valence-electron chi connectivity index (χ1n) is 12.1. The quantitative estimate of drug-likeness (QED) is 0.511. The van der Waals surface area contributed by atoms with E-state index in [2.05, 4.69) is 37.2 Å². The Bertz CT molecular complexity index is 1320. The van der Waals surface area contributed by atoms with E-state index in [9.17, 15) is 8.42 Å². The molecule has 3 heterocycles. The predicted molar refractivity (Wildman–Crippen MR) is 133 cm³/mol. The lowest BCUT2D eigenvalue weighted by Gasteiger charge is -2.17. The Hall–Kier alpha value is -2.82. The van der Waals surface area contributed by atoms with Crippen molar-refractivity contribution in [3.63, 3.8) is 0 Å². The molecule has 3 aromatic rings. The number of nitrogens with zero attached hydrogens (tertiary/aromatic N) is 5. The molecule has 0 amide bonds. The molecule has 1 atom stereocenters. The Morgan fingerprint density at radius 1 is 1.20 bits per heavy atom. The molecule has 5 rings (SSSR count). The number of nitrogens with one attached hydrogen (secondary N) is 1. The number of aryl methyl sites for hydroxylation is 1. The molecule has 0 saturated carbocycles. The van der Waals surface area contributed by atoms with Gasteiger partial charge in [-0.1, -0.05) is 12.1 Å². The maximum Gasteiger partial charge on any atom is 0.278 e. The van der Waals surface area contributed by atoms with E-state index in [1.807, 2.05) is 26.2 Å². The Labute approximate surface area is 206 Å². The topological polar surface area (TPSA) is 104 Å². The van der Waals surface area contributed by atoms with Gasteiger partial charge >= 0.3 is 0 Å². The van der Waals surface area contributed by atoms with E-state index in [1.165, 1.54) is 15.4 Å². The SMILES string of the molecule is COc1cc(-c2ccc3c(c2Cc2nnc(S(=O)(=O)N4CCC(CN(C)C)C4)[nH]2)CCC3)ccn1. The molecule has 1 saturated heterocycles.